The summed E-state index contributed by atoms with van der Waals surface area (Å²) in [7, 11) is 0. The minimum atomic E-state index is -0.624. The molecule has 1 unspecified atom stereocenters. The second-order valence-electron chi connectivity index (χ2n) is 5.01. The van der Waals surface area contributed by atoms with Gasteiger partial charge in [0.05, 0.1) is 13.1 Å². The summed E-state index contributed by atoms with van der Waals surface area (Å²) in [6.07, 6.45) is 1.01. The van der Waals surface area contributed by atoms with Gasteiger partial charge in [-0.25, -0.2) is 0 Å². The van der Waals surface area contributed by atoms with Gasteiger partial charge in [-0.1, -0.05) is 13.8 Å². The Bertz CT molecular complexity index is 255. The maximum Gasteiger partial charge on any atom is 0.226 e. The maximum absolute atomic E-state index is 11.9. The number of amides is 1. The fourth-order valence-electron chi connectivity index (χ4n) is 2.12. The molecule has 0 radical (unpaired) electrons. The quantitative estimate of drug-likeness (QED) is 0.767. The van der Waals surface area contributed by atoms with E-state index in [2.05, 4.69) is 0 Å². The van der Waals surface area contributed by atoms with Crippen molar-refractivity contribution in [3.05, 3.63) is 0 Å². The van der Waals surface area contributed by atoms with Gasteiger partial charge in [0.15, 0.2) is 0 Å². The number of hydrogen-bond donors (Lipinski definition) is 1. The number of aliphatic hydroxyl groups is 1. The van der Waals surface area contributed by atoms with E-state index in [9.17, 15) is 9.90 Å². The molecule has 0 spiro atoms. The van der Waals surface area contributed by atoms with E-state index in [1.807, 2.05) is 30.5 Å². The third-order valence-electron chi connectivity index (χ3n) is 3.59. The topological polar surface area (TPSA) is 40.5 Å². The molecular weight excluding hydrogens is 210 g/mol. The van der Waals surface area contributed by atoms with Crippen molar-refractivity contribution in [2.45, 2.75) is 25.9 Å². The molecule has 3 nitrogen and oxygen atoms in total. The smallest absolute Gasteiger partial charge is 0.226 e. The molecule has 1 atom stereocenters. The van der Waals surface area contributed by atoms with Crippen LogP contribution in [0.2, 0.25) is 0 Å². The fourth-order valence-corrected chi connectivity index (χ4v) is 3.33. The van der Waals surface area contributed by atoms with E-state index in [0.717, 1.165) is 17.9 Å². The van der Waals surface area contributed by atoms with Crippen LogP contribution in [-0.2, 0) is 4.79 Å². The third-order valence-corrected chi connectivity index (χ3v) is 4.76. The molecular formula is C11H19NO2S. The van der Waals surface area contributed by atoms with Crippen molar-refractivity contribution in [1.82, 2.24) is 4.90 Å². The zero-order chi connectivity index (χ0) is 11.1. The highest BCUT2D eigenvalue weighted by Crippen LogP contribution is 2.32. The predicted molar refractivity (Wildman–Crippen MR) is 61.8 cm³/mol. The summed E-state index contributed by atoms with van der Waals surface area (Å²) >= 11 is 1.86. The molecule has 1 N–H and O–H groups in total. The van der Waals surface area contributed by atoms with E-state index in [-0.39, 0.29) is 17.7 Å². The average molecular weight is 229 g/mol. The van der Waals surface area contributed by atoms with Gasteiger partial charge in [-0.3, -0.25) is 4.79 Å². The molecule has 1 amide bonds. The van der Waals surface area contributed by atoms with Crippen molar-refractivity contribution < 1.29 is 9.90 Å². The Morgan fingerprint density at radius 2 is 2.20 bits per heavy atom. The number of likely N-dealkylation sites (tertiary alicyclic amines) is 1. The lowest BCUT2D eigenvalue weighted by molar-refractivity contribution is -0.166. The van der Waals surface area contributed by atoms with Gasteiger partial charge in [-0.2, -0.15) is 11.8 Å². The molecule has 0 aromatic carbocycles. The van der Waals surface area contributed by atoms with Crippen LogP contribution in [0.5, 0.6) is 0 Å². The first-order chi connectivity index (χ1) is 7.03. The van der Waals surface area contributed by atoms with Crippen LogP contribution in [0.1, 0.15) is 20.3 Å². The first kappa shape index (κ1) is 11.3. The van der Waals surface area contributed by atoms with Gasteiger partial charge >= 0.3 is 0 Å². The van der Waals surface area contributed by atoms with E-state index in [4.69, 9.17) is 0 Å². The number of thioether (sulfide) groups is 1. The van der Waals surface area contributed by atoms with Gasteiger partial charge in [-0.05, 0) is 18.1 Å². The zero-order valence-electron chi connectivity index (χ0n) is 9.40. The van der Waals surface area contributed by atoms with E-state index in [0.29, 0.717) is 13.1 Å². The number of β-amino-alcohol motifs (C(OH)–C–C–N with tert-alkyl or cyclic N) is 1. The van der Waals surface area contributed by atoms with Gasteiger partial charge in [0.2, 0.25) is 5.91 Å². The van der Waals surface area contributed by atoms with Crippen LogP contribution >= 0.6 is 11.8 Å². The summed E-state index contributed by atoms with van der Waals surface area (Å²) in [5, 5.41) is 10.1. The molecule has 0 aromatic rings. The molecule has 0 aliphatic carbocycles. The Kier molecular flexibility index (Phi) is 2.99. The summed E-state index contributed by atoms with van der Waals surface area (Å²) in [4.78, 5) is 13.8. The van der Waals surface area contributed by atoms with E-state index >= 15 is 0 Å². The Morgan fingerprint density at radius 3 is 2.67 bits per heavy atom. The van der Waals surface area contributed by atoms with Gasteiger partial charge in [-0.15, -0.1) is 0 Å². The maximum atomic E-state index is 11.9. The number of hydrogen-bond acceptors (Lipinski definition) is 3. The molecule has 2 saturated heterocycles. The normalized spacial score (nSPS) is 29.3. The van der Waals surface area contributed by atoms with Crippen LogP contribution < -0.4 is 0 Å². The number of nitrogens with zero attached hydrogens (tertiary/aromatic N) is 1. The molecule has 0 saturated carbocycles. The first-order valence-corrected chi connectivity index (χ1v) is 6.77. The molecule has 2 rings (SSSR count). The van der Waals surface area contributed by atoms with E-state index in [1.54, 1.807) is 0 Å². The average Bonchev–Trinajstić information content (AvgIpc) is 2.64. The van der Waals surface area contributed by atoms with E-state index in [1.165, 1.54) is 0 Å². The molecule has 0 bridgehead atoms. The SMILES string of the molecule is CC(C)C1(O)CN(C(=O)C2CCSC2)C1. The highest BCUT2D eigenvalue weighted by atomic mass is 32.2. The van der Waals surface area contributed by atoms with Crippen LogP contribution in [0.15, 0.2) is 0 Å². The first-order valence-electron chi connectivity index (χ1n) is 5.62. The molecule has 2 aliphatic heterocycles. The Labute approximate surface area is 95.2 Å². The molecule has 4 heteroatoms. The van der Waals surface area contributed by atoms with Gasteiger partial charge in [0.1, 0.15) is 5.60 Å². The zero-order valence-corrected chi connectivity index (χ0v) is 10.2. The molecule has 15 heavy (non-hydrogen) atoms. The Hall–Kier alpha value is -0.220. The van der Waals surface area contributed by atoms with Crippen molar-refractivity contribution >= 4 is 17.7 Å². The number of carbonyl (C=O) groups excluding carboxylic acids is 1. The molecule has 86 valence electrons. The Balaban J connectivity index is 1.86. The third kappa shape index (κ3) is 2.02. The van der Waals surface area contributed by atoms with Crippen LogP contribution in [0, 0.1) is 11.8 Å². The van der Waals surface area contributed by atoms with Crippen molar-refractivity contribution in [2.24, 2.45) is 11.8 Å². The highest BCUT2D eigenvalue weighted by molar-refractivity contribution is 7.99. The molecule has 2 heterocycles. The monoisotopic (exact) mass is 229 g/mol. The molecule has 0 aromatic heterocycles. The summed E-state index contributed by atoms with van der Waals surface area (Å²) in [6, 6.07) is 0. The Morgan fingerprint density at radius 1 is 1.53 bits per heavy atom. The van der Waals surface area contributed by atoms with Crippen molar-refractivity contribution in [1.29, 1.82) is 0 Å². The molecule has 2 aliphatic rings. The summed E-state index contributed by atoms with van der Waals surface area (Å²) in [5.41, 5.74) is -0.624. The number of carbonyl (C=O) groups is 1. The van der Waals surface area contributed by atoms with Crippen molar-refractivity contribution in [3.63, 3.8) is 0 Å². The van der Waals surface area contributed by atoms with E-state index < -0.39 is 5.60 Å². The lowest BCUT2D eigenvalue weighted by Crippen LogP contribution is -2.66. The van der Waals surface area contributed by atoms with Crippen LogP contribution in [0.25, 0.3) is 0 Å². The number of rotatable bonds is 2. The van der Waals surface area contributed by atoms with Gasteiger partial charge in [0.25, 0.3) is 0 Å². The fraction of sp³-hybridized carbons (Fsp3) is 0.909. The standard InChI is InChI=1S/C11H19NO2S/c1-8(2)11(14)6-12(7-11)10(13)9-3-4-15-5-9/h8-9,14H,3-7H2,1-2H3. The second kappa shape index (κ2) is 3.98. The minimum Gasteiger partial charge on any atom is -0.386 e. The van der Waals surface area contributed by atoms with Crippen molar-refractivity contribution in [3.8, 4) is 0 Å². The van der Waals surface area contributed by atoms with Crippen LogP contribution in [0.3, 0.4) is 0 Å². The lowest BCUT2D eigenvalue weighted by atomic mass is 9.82. The molecule has 2 fully saturated rings. The summed E-state index contributed by atoms with van der Waals surface area (Å²) in [6.45, 7) is 5.08. The van der Waals surface area contributed by atoms with Crippen LogP contribution in [0.4, 0.5) is 0 Å². The van der Waals surface area contributed by atoms with Gasteiger partial charge in [0, 0.05) is 11.7 Å². The van der Waals surface area contributed by atoms with Crippen LogP contribution in [-0.4, -0.2) is 46.1 Å². The van der Waals surface area contributed by atoms with Gasteiger partial charge < -0.3 is 10.0 Å². The lowest BCUT2D eigenvalue weighted by Gasteiger charge is -2.49. The summed E-state index contributed by atoms with van der Waals surface area (Å²) < 4.78 is 0. The minimum absolute atomic E-state index is 0.215. The largest absolute Gasteiger partial charge is 0.386 e. The highest BCUT2D eigenvalue weighted by Gasteiger charge is 2.47. The van der Waals surface area contributed by atoms with Crippen molar-refractivity contribution in [2.75, 3.05) is 24.6 Å². The second-order valence-corrected chi connectivity index (χ2v) is 6.16. The predicted octanol–water partition coefficient (Wildman–Crippen LogP) is 0.969. The summed E-state index contributed by atoms with van der Waals surface area (Å²) in [5.74, 6) is 2.78.